The molecule has 1 rings (SSSR count). The lowest BCUT2D eigenvalue weighted by Crippen LogP contribution is -2.29. The van der Waals surface area contributed by atoms with Gasteiger partial charge in [0.05, 0.1) is 12.2 Å². The third-order valence-corrected chi connectivity index (χ3v) is 2.29. The predicted octanol–water partition coefficient (Wildman–Crippen LogP) is 1.24. The topological polar surface area (TPSA) is 58.3 Å². The van der Waals surface area contributed by atoms with Gasteiger partial charge in [0, 0.05) is 12.5 Å². The van der Waals surface area contributed by atoms with Crippen LogP contribution in [0.2, 0.25) is 0 Å². The van der Waals surface area contributed by atoms with E-state index in [9.17, 15) is 13.2 Å². The molecule has 0 spiro atoms. The van der Waals surface area contributed by atoms with Crippen LogP contribution in [-0.2, 0) is 6.18 Å². The minimum Gasteiger partial charge on any atom is -0.396 e. The lowest BCUT2D eigenvalue weighted by atomic mass is 9.99. The molecule has 0 aliphatic heterocycles. The molecule has 90 valence electrons. The number of benzene rings is 1. The number of rotatable bonds is 4. The molecule has 6 heteroatoms. The zero-order chi connectivity index (χ0) is 12.2. The van der Waals surface area contributed by atoms with E-state index in [-0.39, 0.29) is 12.5 Å². The third-order valence-electron chi connectivity index (χ3n) is 2.29. The molecular formula is C10H13F3N2O. The summed E-state index contributed by atoms with van der Waals surface area (Å²) in [5.41, 5.74) is 2.30. The molecule has 4 N–H and O–H groups in total. The van der Waals surface area contributed by atoms with E-state index in [1.54, 1.807) is 0 Å². The second-order valence-corrected chi connectivity index (χ2v) is 3.41. The molecule has 0 aromatic heterocycles. The van der Waals surface area contributed by atoms with E-state index in [4.69, 9.17) is 10.9 Å². The largest absolute Gasteiger partial charge is 0.416 e. The summed E-state index contributed by atoms with van der Waals surface area (Å²) < 4.78 is 36.8. The van der Waals surface area contributed by atoms with Crippen LogP contribution in [-0.4, -0.2) is 18.3 Å². The summed E-state index contributed by atoms with van der Waals surface area (Å²) in [5.74, 6) is 4.80. The highest BCUT2D eigenvalue weighted by Gasteiger charge is 2.30. The van der Waals surface area contributed by atoms with Gasteiger partial charge in [-0.25, -0.2) is 0 Å². The molecule has 1 aromatic rings. The molecule has 16 heavy (non-hydrogen) atoms. The molecular weight excluding hydrogens is 221 g/mol. The van der Waals surface area contributed by atoms with Crippen LogP contribution in [0.15, 0.2) is 24.3 Å². The van der Waals surface area contributed by atoms with Gasteiger partial charge in [-0.3, -0.25) is 11.3 Å². The molecule has 1 aromatic carbocycles. The fraction of sp³-hybridized carbons (Fsp3) is 0.400. The van der Waals surface area contributed by atoms with Gasteiger partial charge in [0.2, 0.25) is 0 Å². The molecule has 0 saturated carbocycles. The Balaban J connectivity index is 2.85. The van der Waals surface area contributed by atoms with Crippen LogP contribution in [0, 0.1) is 0 Å². The van der Waals surface area contributed by atoms with Crippen molar-refractivity contribution in [2.24, 2.45) is 5.84 Å². The summed E-state index contributed by atoms with van der Waals surface area (Å²) in [6, 6.07) is 4.69. The fourth-order valence-electron chi connectivity index (χ4n) is 1.37. The van der Waals surface area contributed by atoms with Crippen LogP contribution >= 0.6 is 0 Å². The number of nitrogens with one attached hydrogen (secondary N) is 1. The van der Waals surface area contributed by atoms with Gasteiger partial charge in [-0.1, -0.05) is 12.1 Å². The van der Waals surface area contributed by atoms with Crippen molar-refractivity contribution in [1.29, 1.82) is 0 Å². The molecule has 3 nitrogen and oxygen atoms in total. The highest BCUT2D eigenvalue weighted by atomic mass is 19.4. The van der Waals surface area contributed by atoms with Crippen LogP contribution in [0.4, 0.5) is 13.2 Å². The Hall–Kier alpha value is -1.11. The van der Waals surface area contributed by atoms with Crippen LogP contribution in [0.3, 0.4) is 0 Å². The SMILES string of the molecule is NNCC(CO)c1ccc(C(F)(F)F)cc1. The van der Waals surface area contributed by atoms with Crippen LogP contribution in [0.25, 0.3) is 0 Å². The van der Waals surface area contributed by atoms with Crippen LogP contribution < -0.4 is 11.3 Å². The van der Waals surface area contributed by atoms with Gasteiger partial charge < -0.3 is 5.11 Å². The van der Waals surface area contributed by atoms with Crippen molar-refractivity contribution < 1.29 is 18.3 Å². The Labute approximate surface area is 91.0 Å². The van der Waals surface area contributed by atoms with Gasteiger partial charge >= 0.3 is 6.18 Å². The molecule has 0 aliphatic rings. The molecule has 0 aliphatic carbocycles. The number of halogens is 3. The Bertz CT molecular complexity index is 324. The Morgan fingerprint density at radius 2 is 1.81 bits per heavy atom. The Kier molecular flexibility index (Phi) is 4.28. The quantitative estimate of drug-likeness (QED) is 0.542. The normalized spacial score (nSPS) is 13.8. The minimum atomic E-state index is -4.33. The number of hydrazine groups is 1. The standard InChI is InChI=1S/C10H13F3N2O/c11-10(12,13)9-3-1-7(2-4-9)8(6-16)5-15-14/h1-4,8,15-16H,5-6,14H2. The maximum absolute atomic E-state index is 12.3. The highest BCUT2D eigenvalue weighted by molar-refractivity contribution is 5.27. The average Bonchev–Trinajstić information content (AvgIpc) is 2.25. The number of hydrogen-bond donors (Lipinski definition) is 3. The molecule has 0 heterocycles. The first-order valence-corrected chi connectivity index (χ1v) is 4.70. The average molecular weight is 234 g/mol. The highest BCUT2D eigenvalue weighted by Crippen LogP contribution is 2.30. The van der Waals surface area contributed by atoms with Crippen molar-refractivity contribution >= 4 is 0 Å². The van der Waals surface area contributed by atoms with E-state index in [2.05, 4.69) is 5.43 Å². The van der Waals surface area contributed by atoms with Crippen LogP contribution in [0.5, 0.6) is 0 Å². The number of nitrogens with two attached hydrogens (primary N) is 1. The lowest BCUT2D eigenvalue weighted by Gasteiger charge is -2.14. The molecule has 0 fully saturated rings. The summed E-state index contributed by atoms with van der Waals surface area (Å²) in [4.78, 5) is 0. The van der Waals surface area contributed by atoms with Crippen molar-refractivity contribution in [3.8, 4) is 0 Å². The number of alkyl halides is 3. The first-order valence-electron chi connectivity index (χ1n) is 4.70. The van der Waals surface area contributed by atoms with Gasteiger partial charge in [0.1, 0.15) is 0 Å². The Morgan fingerprint density at radius 3 is 2.19 bits per heavy atom. The number of aliphatic hydroxyl groups excluding tert-OH is 1. The Morgan fingerprint density at radius 1 is 1.25 bits per heavy atom. The maximum atomic E-state index is 12.3. The first kappa shape index (κ1) is 13.0. The van der Waals surface area contributed by atoms with E-state index in [1.165, 1.54) is 12.1 Å². The maximum Gasteiger partial charge on any atom is 0.416 e. The zero-order valence-electron chi connectivity index (χ0n) is 8.46. The fourth-order valence-corrected chi connectivity index (χ4v) is 1.37. The van der Waals surface area contributed by atoms with Crippen LogP contribution in [0.1, 0.15) is 17.0 Å². The summed E-state index contributed by atoms with van der Waals surface area (Å²) in [7, 11) is 0. The molecule has 1 atom stereocenters. The molecule has 0 radical (unpaired) electrons. The number of aliphatic hydroxyl groups is 1. The van der Waals surface area contributed by atoms with Crippen molar-refractivity contribution in [1.82, 2.24) is 5.43 Å². The summed E-state index contributed by atoms with van der Waals surface area (Å²) >= 11 is 0. The number of hydrogen-bond acceptors (Lipinski definition) is 3. The predicted molar refractivity (Wildman–Crippen MR) is 53.5 cm³/mol. The van der Waals surface area contributed by atoms with E-state index in [0.29, 0.717) is 12.1 Å². The third kappa shape index (κ3) is 3.19. The lowest BCUT2D eigenvalue weighted by molar-refractivity contribution is -0.137. The summed E-state index contributed by atoms with van der Waals surface area (Å²) in [6.07, 6.45) is -4.33. The van der Waals surface area contributed by atoms with Gasteiger partial charge in [0.25, 0.3) is 0 Å². The van der Waals surface area contributed by atoms with Gasteiger partial charge in [-0.2, -0.15) is 13.2 Å². The molecule has 0 amide bonds. The second kappa shape index (κ2) is 5.29. The van der Waals surface area contributed by atoms with Crippen molar-refractivity contribution in [3.05, 3.63) is 35.4 Å². The minimum absolute atomic E-state index is 0.171. The van der Waals surface area contributed by atoms with Gasteiger partial charge in [-0.15, -0.1) is 0 Å². The van der Waals surface area contributed by atoms with Crippen molar-refractivity contribution in [2.45, 2.75) is 12.1 Å². The van der Waals surface area contributed by atoms with E-state index >= 15 is 0 Å². The molecule has 0 saturated heterocycles. The van der Waals surface area contributed by atoms with E-state index < -0.39 is 11.7 Å². The molecule has 0 bridgehead atoms. The monoisotopic (exact) mass is 234 g/mol. The smallest absolute Gasteiger partial charge is 0.396 e. The van der Waals surface area contributed by atoms with E-state index in [1.807, 2.05) is 0 Å². The first-order chi connectivity index (χ1) is 7.49. The summed E-state index contributed by atoms with van der Waals surface area (Å²) in [5, 5.41) is 9.02. The van der Waals surface area contributed by atoms with Gasteiger partial charge in [-0.05, 0) is 17.7 Å². The zero-order valence-corrected chi connectivity index (χ0v) is 8.46. The van der Waals surface area contributed by atoms with E-state index in [0.717, 1.165) is 12.1 Å². The van der Waals surface area contributed by atoms with Gasteiger partial charge in [0.15, 0.2) is 0 Å². The van der Waals surface area contributed by atoms with Crippen molar-refractivity contribution in [2.75, 3.05) is 13.2 Å². The van der Waals surface area contributed by atoms with Crippen molar-refractivity contribution in [3.63, 3.8) is 0 Å². The summed E-state index contributed by atoms with van der Waals surface area (Å²) in [6.45, 7) is 0.136. The molecule has 1 unspecified atom stereocenters. The second-order valence-electron chi connectivity index (χ2n) is 3.41.